The van der Waals surface area contributed by atoms with Gasteiger partial charge in [0.15, 0.2) is 0 Å². The first-order valence-electron chi connectivity index (χ1n) is 5.81. The molecule has 1 aromatic rings. The summed E-state index contributed by atoms with van der Waals surface area (Å²) in [5.74, 6) is 0.525. The van der Waals surface area contributed by atoms with Crippen LogP contribution in [0.1, 0.15) is 45.2 Å². The molecule has 0 aliphatic heterocycles. The second-order valence-electron chi connectivity index (χ2n) is 3.89. The molecule has 1 N–H and O–H groups in total. The summed E-state index contributed by atoms with van der Waals surface area (Å²) in [6.07, 6.45) is 4.56. The lowest BCUT2D eigenvalue weighted by atomic mass is 9.99. The van der Waals surface area contributed by atoms with Gasteiger partial charge in [0.25, 0.3) is 0 Å². The number of nitrogens with zero attached hydrogens (tertiary/aromatic N) is 2. The van der Waals surface area contributed by atoms with Gasteiger partial charge in [-0.1, -0.05) is 20.8 Å². The highest BCUT2D eigenvalue weighted by molar-refractivity contribution is 5.12. The molecule has 0 fully saturated rings. The highest BCUT2D eigenvalue weighted by Crippen LogP contribution is 2.20. The Labute approximate surface area is 96.7 Å². The van der Waals surface area contributed by atoms with Gasteiger partial charge >= 0.3 is 0 Å². The maximum absolute atomic E-state index is 9.74. The van der Waals surface area contributed by atoms with E-state index >= 15 is 0 Å². The SMILES string of the molecule is CCCOc1cncc(C(C)C(O)CC)n1. The predicted octanol–water partition coefficient (Wildman–Crippen LogP) is 2.14. The molecule has 0 bridgehead atoms. The van der Waals surface area contributed by atoms with E-state index in [-0.39, 0.29) is 12.0 Å². The number of aliphatic hydroxyl groups excluding tert-OH is 1. The van der Waals surface area contributed by atoms with Crippen molar-refractivity contribution in [2.75, 3.05) is 6.61 Å². The summed E-state index contributed by atoms with van der Waals surface area (Å²) < 4.78 is 5.40. The van der Waals surface area contributed by atoms with Crippen molar-refractivity contribution in [1.29, 1.82) is 0 Å². The summed E-state index contributed by atoms with van der Waals surface area (Å²) in [4.78, 5) is 8.41. The van der Waals surface area contributed by atoms with E-state index in [4.69, 9.17) is 4.74 Å². The zero-order chi connectivity index (χ0) is 12.0. The molecular formula is C12H20N2O2. The van der Waals surface area contributed by atoms with Gasteiger partial charge < -0.3 is 9.84 Å². The van der Waals surface area contributed by atoms with E-state index in [1.165, 1.54) is 0 Å². The Bertz CT molecular complexity index is 318. The van der Waals surface area contributed by atoms with Crippen LogP contribution < -0.4 is 4.74 Å². The number of hydrogen-bond donors (Lipinski definition) is 1. The number of ether oxygens (including phenoxy) is 1. The molecule has 0 saturated heterocycles. The lowest BCUT2D eigenvalue weighted by Crippen LogP contribution is -2.16. The van der Waals surface area contributed by atoms with Crippen LogP contribution in [0, 0.1) is 0 Å². The normalized spacial score (nSPS) is 14.5. The molecule has 0 radical (unpaired) electrons. The quantitative estimate of drug-likeness (QED) is 0.804. The monoisotopic (exact) mass is 224 g/mol. The minimum absolute atomic E-state index is 0.0114. The molecule has 90 valence electrons. The Morgan fingerprint density at radius 2 is 2.12 bits per heavy atom. The molecule has 0 aromatic carbocycles. The van der Waals surface area contributed by atoms with Crippen LogP contribution in [0.3, 0.4) is 0 Å². The summed E-state index contributed by atoms with van der Waals surface area (Å²) in [6, 6.07) is 0. The molecule has 4 nitrogen and oxygen atoms in total. The van der Waals surface area contributed by atoms with Crippen LogP contribution in [-0.2, 0) is 0 Å². The van der Waals surface area contributed by atoms with Gasteiger partial charge in [0.05, 0.1) is 24.6 Å². The van der Waals surface area contributed by atoms with Gasteiger partial charge in [0.1, 0.15) is 0 Å². The molecule has 1 aromatic heterocycles. The number of aliphatic hydroxyl groups is 1. The standard InChI is InChI=1S/C12H20N2O2/c1-4-6-16-12-8-13-7-10(14-12)9(3)11(15)5-2/h7-9,11,15H,4-6H2,1-3H3. The highest BCUT2D eigenvalue weighted by Gasteiger charge is 2.16. The summed E-state index contributed by atoms with van der Waals surface area (Å²) in [5, 5.41) is 9.74. The van der Waals surface area contributed by atoms with Crippen molar-refractivity contribution in [3.63, 3.8) is 0 Å². The van der Waals surface area contributed by atoms with E-state index < -0.39 is 0 Å². The molecule has 0 saturated carbocycles. The van der Waals surface area contributed by atoms with Crippen LogP contribution in [0.4, 0.5) is 0 Å². The van der Waals surface area contributed by atoms with Crippen molar-refractivity contribution in [3.8, 4) is 5.88 Å². The summed E-state index contributed by atoms with van der Waals surface area (Å²) >= 11 is 0. The van der Waals surface area contributed by atoms with Gasteiger partial charge in [-0.05, 0) is 12.8 Å². The fourth-order valence-electron chi connectivity index (χ4n) is 1.41. The van der Waals surface area contributed by atoms with Gasteiger partial charge in [-0.15, -0.1) is 0 Å². The summed E-state index contributed by atoms with van der Waals surface area (Å²) in [7, 11) is 0. The number of rotatable bonds is 6. The molecule has 1 heterocycles. The topological polar surface area (TPSA) is 55.2 Å². The molecule has 0 amide bonds. The lowest BCUT2D eigenvalue weighted by molar-refractivity contribution is 0.143. The van der Waals surface area contributed by atoms with Crippen molar-refractivity contribution in [2.45, 2.75) is 45.6 Å². The second kappa shape index (κ2) is 6.43. The number of hydrogen-bond acceptors (Lipinski definition) is 4. The Kier molecular flexibility index (Phi) is 5.19. The fourth-order valence-corrected chi connectivity index (χ4v) is 1.41. The first-order chi connectivity index (χ1) is 7.69. The summed E-state index contributed by atoms with van der Waals surface area (Å²) in [6.45, 7) is 6.58. The van der Waals surface area contributed by atoms with Crippen LogP contribution in [0.2, 0.25) is 0 Å². The Morgan fingerprint density at radius 3 is 2.75 bits per heavy atom. The maximum Gasteiger partial charge on any atom is 0.232 e. The van der Waals surface area contributed by atoms with E-state index in [9.17, 15) is 5.11 Å². The molecule has 2 unspecified atom stereocenters. The van der Waals surface area contributed by atoms with Crippen LogP contribution in [0.5, 0.6) is 5.88 Å². The molecular weight excluding hydrogens is 204 g/mol. The van der Waals surface area contributed by atoms with E-state index in [2.05, 4.69) is 9.97 Å². The van der Waals surface area contributed by atoms with Gasteiger partial charge in [0, 0.05) is 12.1 Å². The van der Waals surface area contributed by atoms with E-state index in [1.807, 2.05) is 20.8 Å². The molecule has 0 spiro atoms. The molecule has 0 aliphatic carbocycles. The van der Waals surface area contributed by atoms with E-state index in [0.29, 0.717) is 18.9 Å². The van der Waals surface area contributed by atoms with Gasteiger partial charge in [0.2, 0.25) is 5.88 Å². The highest BCUT2D eigenvalue weighted by atomic mass is 16.5. The number of aromatic nitrogens is 2. The van der Waals surface area contributed by atoms with Crippen LogP contribution in [0.15, 0.2) is 12.4 Å². The molecule has 16 heavy (non-hydrogen) atoms. The predicted molar refractivity (Wildman–Crippen MR) is 62.5 cm³/mol. The third kappa shape index (κ3) is 3.45. The molecule has 1 rings (SSSR count). The zero-order valence-corrected chi connectivity index (χ0v) is 10.2. The largest absolute Gasteiger partial charge is 0.477 e. The van der Waals surface area contributed by atoms with Gasteiger partial charge in [-0.3, -0.25) is 4.98 Å². The molecule has 2 atom stereocenters. The van der Waals surface area contributed by atoms with Crippen LogP contribution in [0.25, 0.3) is 0 Å². The third-order valence-electron chi connectivity index (χ3n) is 2.55. The average molecular weight is 224 g/mol. The minimum Gasteiger partial charge on any atom is -0.477 e. The zero-order valence-electron chi connectivity index (χ0n) is 10.2. The lowest BCUT2D eigenvalue weighted by Gasteiger charge is -2.16. The van der Waals surface area contributed by atoms with Crippen LogP contribution >= 0.6 is 0 Å². The Morgan fingerprint density at radius 1 is 1.38 bits per heavy atom. The van der Waals surface area contributed by atoms with Crippen LogP contribution in [-0.4, -0.2) is 27.8 Å². The van der Waals surface area contributed by atoms with Crippen molar-refractivity contribution >= 4 is 0 Å². The van der Waals surface area contributed by atoms with E-state index in [0.717, 1.165) is 12.1 Å². The smallest absolute Gasteiger partial charge is 0.232 e. The van der Waals surface area contributed by atoms with Crippen molar-refractivity contribution in [3.05, 3.63) is 18.1 Å². The minimum atomic E-state index is -0.379. The third-order valence-corrected chi connectivity index (χ3v) is 2.55. The summed E-state index contributed by atoms with van der Waals surface area (Å²) in [5.41, 5.74) is 0.781. The Balaban J connectivity index is 2.73. The second-order valence-corrected chi connectivity index (χ2v) is 3.89. The van der Waals surface area contributed by atoms with Crippen molar-refractivity contribution in [2.24, 2.45) is 0 Å². The van der Waals surface area contributed by atoms with Gasteiger partial charge in [-0.25, -0.2) is 4.98 Å². The Hall–Kier alpha value is -1.16. The van der Waals surface area contributed by atoms with E-state index in [1.54, 1.807) is 12.4 Å². The molecule has 0 aliphatic rings. The first kappa shape index (κ1) is 12.9. The maximum atomic E-state index is 9.74. The fraction of sp³-hybridized carbons (Fsp3) is 0.667. The van der Waals surface area contributed by atoms with Crippen molar-refractivity contribution < 1.29 is 9.84 Å². The molecule has 4 heteroatoms. The first-order valence-corrected chi connectivity index (χ1v) is 5.81. The van der Waals surface area contributed by atoms with Gasteiger partial charge in [-0.2, -0.15) is 0 Å². The average Bonchev–Trinajstić information content (AvgIpc) is 2.34. The van der Waals surface area contributed by atoms with Crippen molar-refractivity contribution in [1.82, 2.24) is 9.97 Å².